The zero-order valence-corrected chi connectivity index (χ0v) is 18.3. The van der Waals surface area contributed by atoms with Gasteiger partial charge in [-0.05, 0) is 30.3 Å². The van der Waals surface area contributed by atoms with Crippen molar-refractivity contribution in [2.24, 2.45) is 0 Å². The molecule has 0 unspecified atom stereocenters. The van der Waals surface area contributed by atoms with Crippen LogP contribution in [0.1, 0.15) is 5.56 Å². The second kappa shape index (κ2) is 8.55. The van der Waals surface area contributed by atoms with E-state index in [2.05, 4.69) is 15.9 Å². The summed E-state index contributed by atoms with van der Waals surface area (Å²) >= 11 is 0. The van der Waals surface area contributed by atoms with Crippen molar-refractivity contribution in [2.75, 3.05) is 45.3 Å². The molecule has 1 aliphatic rings. The van der Waals surface area contributed by atoms with Crippen LogP contribution in [0.15, 0.2) is 69.9 Å². The lowest BCUT2D eigenvalue weighted by molar-refractivity contribution is 0.249. The fraction of sp³-hybridized carbons (Fsp3) is 0.269. The average Bonchev–Trinajstić information content (AvgIpc) is 2.85. The van der Waals surface area contributed by atoms with Crippen LogP contribution in [0.2, 0.25) is 0 Å². The summed E-state index contributed by atoms with van der Waals surface area (Å²) in [6.45, 7) is 4.39. The summed E-state index contributed by atoms with van der Waals surface area (Å²) < 4.78 is 17.1. The van der Waals surface area contributed by atoms with Crippen molar-refractivity contribution < 1.29 is 13.9 Å². The first-order valence-electron chi connectivity index (χ1n) is 10.8. The Hall–Kier alpha value is -3.51. The first kappa shape index (κ1) is 20.4. The highest BCUT2D eigenvalue weighted by molar-refractivity contribution is 5.91. The zero-order chi connectivity index (χ0) is 22.1. The van der Waals surface area contributed by atoms with Crippen molar-refractivity contribution in [1.82, 2.24) is 4.90 Å². The number of ether oxygens (including phenoxy) is 2. The van der Waals surface area contributed by atoms with Crippen LogP contribution in [0.3, 0.4) is 0 Å². The van der Waals surface area contributed by atoms with Gasteiger partial charge in [0.1, 0.15) is 22.7 Å². The van der Waals surface area contributed by atoms with E-state index in [9.17, 15) is 4.79 Å². The summed E-state index contributed by atoms with van der Waals surface area (Å²) in [5.41, 5.74) is 3.36. The van der Waals surface area contributed by atoms with Gasteiger partial charge in [-0.1, -0.05) is 24.3 Å². The first-order chi connectivity index (χ1) is 15.7. The van der Waals surface area contributed by atoms with Crippen LogP contribution in [0, 0.1) is 0 Å². The lowest BCUT2D eigenvalue weighted by Crippen LogP contribution is -2.46. The van der Waals surface area contributed by atoms with E-state index in [-0.39, 0.29) is 5.43 Å². The zero-order valence-electron chi connectivity index (χ0n) is 18.3. The molecule has 3 aromatic carbocycles. The maximum Gasteiger partial charge on any atom is 0.200 e. The minimum Gasteiger partial charge on any atom is -0.497 e. The fourth-order valence-electron chi connectivity index (χ4n) is 4.44. The number of fused-ring (bicyclic) bond motifs is 2. The highest BCUT2D eigenvalue weighted by Gasteiger charge is 2.21. The standard InChI is InChI=1S/C26H26N2O4/c1-30-19-10-11-20-24(16-19)32-26-18(6-5-7-21(26)25(20)29)17-27-12-14-28(15-13-27)22-8-3-4-9-23(22)31-2/h3-11,16H,12-15,17H2,1-2H3. The fourth-order valence-corrected chi connectivity index (χ4v) is 4.44. The number of hydrogen-bond acceptors (Lipinski definition) is 6. The predicted octanol–water partition coefficient (Wildman–Crippen LogP) is 4.29. The maximum atomic E-state index is 13.1. The van der Waals surface area contributed by atoms with Gasteiger partial charge in [0.25, 0.3) is 0 Å². The first-order valence-corrected chi connectivity index (χ1v) is 10.8. The quantitative estimate of drug-likeness (QED) is 0.441. The molecule has 1 fully saturated rings. The Morgan fingerprint density at radius 2 is 1.69 bits per heavy atom. The third kappa shape index (κ3) is 3.67. The van der Waals surface area contributed by atoms with Gasteiger partial charge < -0.3 is 18.8 Å². The van der Waals surface area contributed by atoms with E-state index in [0.717, 1.165) is 49.7 Å². The Balaban J connectivity index is 1.40. The van der Waals surface area contributed by atoms with Gasteiger partial charge in [0.05, 0.1) is 30.7 Å². The molecule has 0 aliphatic carbocycles. The topological polar surface area (TPSA) is 55.2 Å². The highest BCUT2D eigenvalue weighted by Crippen LogP contribution is 2.29. The van der Waals surface area contributed by atoms with Crippen molar-refractivity contribution in [1.29, 1.82) is 0 Å². The van der Waals surface area contributed by atoms with Crippen LogP contribution in [0.4, 0.5) is 5.69 Å². The van der Waals surface area contributed by atoms with Crippen molar-refractivity contribution >= 4 is 27.6 Å². The number of anilines is 1. The Morgan fingerprint density at radius 1 is 0.875 bits per heavy atom. The van der Waals surface area contributed by atoms with Gasteiger partial charge in [-0.2, -0.15) is 0 Å². The molecule has 6 heteroatoms. The molecule has 2 heterocycles. The molecule has 5 rings (SSSR count). The minimum absolute atomic E-state index is 0.00764. The summed E-state index contributed by atoms with van der Waals surface area (Å²) in [6, 6.07) is 19.3. The molecule has 0 amide bonds. The summed E-state index contributed by atoms with van der Waals surface area (Å²) in [7, 11) is 3.32. The van der Waals surface area contributed by atoms with Crippen molar-refractivity contribution in [3.8, 4) is 11.5 Å². The van der Waals surface area contributed by atoms with Crippen LogP contribution >= 0.6 is 0 Å². The smallest absolute Gasteiger partial charge is 0.200 e. The molecule has 1 aliphatic heterocycles. The molecule has 1 aromatic heterocycles. The molecular formula is C26H26N2O4. The van der Waals surface area contributed by atoms with E-state index in [0.29, 0.717) is 27.7 Å². The number of rotatable bonds is 5. The number of hydrogen-bond donors (Lipinski definition) is 0. The largest absolute Gasteiger partial charge is 0.497 e. The predicted molar refractivity (Wildman–Crippen MR) is 127 cm³/mol. The van der Waals surface area contributed by atoms with Crippen LogP contribution in [0.5, 0.6) is 11.5 Å². The van der Waals surface area contributed by atoms with E-state index < -0.39 is 0 Å². The third-order valence-electron chi connectivity index (χ3n) is 6.18. The summed E-state index contributed by atoms with van der Waals surface area (Å²) in [4.78, 5) is 17.8. The lowest BCUT2D eigenvalue weighted by atomic mass is 10.1. The van der Waals surface area contributed by atoms with Crippen molar-refractivity contribution in [3.05, 3.63) is 76.5 Å². The molecule has 0 N–H and O–H groups in total. The van der Waals surface area contributed by atoms with Gasteiger partial charge in [0, 0.05) is 44.4 Å². The van der Waals surface area contributed by atoms with Crippen molar-refractivity contribution in [2.45, 2.75) is 6.54 Å². The van der Waals surface area contributed by atoms with Gasteiger partial charge in [-0.3, -0.25) is 9.69 Å². The molecule has 0 atom stereocenters. The van der Waals surface area contributed by atoms with E-state index >= 15 is 0 Å². The molecule has 0 radical (unpaired) electrons. The highest BCUT2D eigenvalue weighted by atomic mass is 16.5. The van der Waals surface area contributed by atoms with Crippen LogP contribution in [-0.4, -0.2) is 45.3 Å². The number of para-hydroxylation sites is 3. The number of nitrogens with zero attached hydrogens (tertiary/aromatic N) is 2. The normalized spacial score (nSPS) is 14.8. The van der Waals surface area contributed by atoms with Crippen molar-refractivity contribution in [3.63, 3.8) is 0 Å². The molecule has 1 saturated heterocycles. The summed E-state index contributed by atoms with van der Waals surface area (Å²) in [5.74, 6) is 1.57. The van der Waals surface area contributed by atoms with Gasteiger partial charge in [-0.25, -0.2) is 0 Å². The summed E-state index contributed by atoms with van der Waals surface area (Å²) in [6.07, 6.45) is 0. The summed E-state index contributed by atoms with van der Waals surface area (Å²) in [5, 5.41) is 1.19. The van der Waals surface area contributed by atoms with Crippen LogP contribution in [0.25, 0.3) is 21.9 Å². The maximum absolute atomic E-state index is 13.1. The Labute approximate surface area is 186 Å². The van der Waals surface area contributed by atoms with E-state index in [1.165, 1.54) is 0 Å². The number of methoxy groups -OCH3 is 2. The number of piperazine rings is 1. The second-order valence-electron chi connectivity index (χ2n) is 8.02. The monoisotopic (exact) mass is 430 g/mol. The molecule has 164 valence electrons. The van der Waals surface area contributed by atoms with Gasteiger partial charge in [0.2, 0.25) is 5.43 Å². The SMILES string of the molecule is COc1ccc2c(=O)c3cccc(CN4CCN(c5ccccc5OC)CC4)c3oc2c1. The molecule has 6 nitrogen and oxygen atoms in total. The average molecular weight is 431 g/mol. The Morgan fingerprint density at radius 3 is 2.47 bits per heavy atom. The van der Waals surface area contributed by atoms with Crippen LogP contribution < -0.4 is 19.8 Å². The van der Waals surface area contributed by atoms with Crippen LogP contribution in [-0.2, 0) is 6.54 Å². The van der Waals surface area contributed by atoms with E-state index in [4.69, 9.17) is 13.9 Å². The molecular weight excluding hydrogens is 404 g/mol. The van der Waals surface area contributed by atoms with E-state index in [1.807, 2.05) is 36.4 Å². The number of benzene rings is 3. The molecule has 4 aromatic rings. The third-order valence-corrected chi connectivity index (χ3v) is 6.18. The minimum atomic E-state index is -0.00764. The Bertz CT molecular complexity index is 1320. The molecule has 0 spiro atoms. The second-order valence-corrected chi connectivity index (χ2v) is 8.02. The Kier molecular flexibility index (Phi) is 5.45. The molecule has 0 saturated carbocycles. The van der Waals surface area contributed by atoms with Gasteiger partial charge in [-0.15, -0.1) is 0 Å². The molecule has 32 heavy (non-hydrogen) atoms. The lowest BCUT2D eigenvalue weighted by Gasteiger charge is -2.36. The van der Waals surface area contributed by atoms with Gasteiger partial charge in [0.15, 0.2) is 0 Å². The van der Waals surface area contributed by atoms with E-state index in [1.54, 1.807) is 32.4 Å². The van der Waals surface area contributed by atoms with Gasteiger partial charge >= 0.3 is 0 Å². The molecule has 0 bridgehead atoms.